The molecule has 0 aliphatic heterocycles. The lowest BCUT2D eigenvalue weighted by molar-refractivity contribution is 0.368. The number of furan rings is 1. The van der Waals surface area contributed by atoms with Crippen molar-refractivity contribution in [3.05, 3.63) is 48.3 Å². The maximum absolute atomic E-state index is 13.1. The third-order valence-corrected chi connectivity index (χ3v) is 5.35. The van der Waals surface area contributed by atoms with E-state index in [9.17, 15) is 4.39 Å². The lowest BCUT2D eigenvalue weighted by Crippen LogP contribution is -2.12. The van der Waals surface area contributed by atoms with Crippen molar-refractivity contribution < 1.29 is 18.3 Å². The Balaban J connectivity index is 1.68. The van der Waals surface area contributed by atoms with Crippen molar-refractivity contribution in [2.24, 2.45) is 0 Å². The van der Waals surface area contributed by atoms with Gasteiger partial charge in [0.15, 0.2) is 17.3 Å². The minimum absolute atomic E-state index is 0.0192. The topological polar surface area (TPSA) is 126 Å². The fourth-order valence-corrected chi connectivity index (χ4v) is 3.68. The van der Waals surface area contributed by atoms with Gasteiger partial charge in [-0.25, -0.2) is 18.9 Å². The fourth-order valence-electron chi connectivity index (χ4n) is 3.01. The minimum atomic E-state index is -0.473. The zero-order valence-corrected chi connectivity index (χ0v) is 19.1. The number of nitrogens with one attached hydrogen (secondary N) is 1. The largest absolute Gasteiger partial charge is 0.479 e. The molecule has 0 saturated carbocycles. The van der Waals surface area contributed by atoms with Crippen molar-refractivity contribution in [2.45, 2.75) is 25.5 Å². The number of hydrogen-bond donors (Lipinski definition) is 1. The van der Waals surface area contributed by atoms with E-state index in [1.165, 1.54) is 32.5 Å². The van der Waals surface area contributed by atoms with Gasteiger partial charge >= 0.3 is 0 Å². The maximum atomic E-state index is 13.1. The third-order valence-electron chi connectivity index (χ3n) is 4.48. The van der Waals surface area contributed by atoms with Gasteiger partial charge in [-0.3, -0.25) is 4.72 Å². The molecule has 0 saturated heterocycles. The smallest absolute Gasteiger partial charge is 0.245 e. The summed E-state index contributed by atoms with van der Waals surface area (Å²) in [5.41, 5.74) is 0.411. The molecule has 172 valence electrons. The van der Waals surface area contributed by atoms with Crippen LogP contribution in [0.15, 0.2) is 35.3 Å². The summed E-state index contributed by atoms with van der Waals surface area (Å²) in [7, 11) is 3.00. The van der Waals surface area contributed by atoms with Crippen LogP contribution in [-0.4, -0.2) is 54.2 Å². The molecule has 4 heterocycles. The third kappa shape index (κ3) is 4.87. The molecule has 1 N–H and O–H groups in total. The highest BCUT2D eigenvalue weighted by atomic mass is 32.2. The van der Waals surface area contributed by atoms with Crippen molar-refractivity contribution in [1.29, 1.82) is 0 Å². The first-order valence-electron chi connectivity index (χ1n) is 9.83. The highest BCUT2D eigenvalue weighted by Crippen LogP contribution is 2.36. The van der Waals surface area contributed by atoms with Crippen molar-refractivity contribution in [2.75, 3.05) is 18.9 Å². The number of nitrogens with zero attached hydrogens (tertiary/aromatic N) is 7. The van der Waals surface area contributed by atoms with Gasteiger partial charge in [-0.15, -0.1) is 10.2 Å². The van der Waals surface area contributed by atoms with E-state index in [1.807, 2.05) is 19.9 Å². The van der Waals surface area contributed by atoms with E-state index in [2.05, 4.69) is 34.9 Å². The van der Waals surface area contributed by atoms with Crippen molar-refractivity contribution in [3.63, 3.8) is 0 Å². The molecule has 4 aromatic rings. The Kier molecular flexibility index (Phi) is 6.68. The summed E-state index contributed by atoms with van der Waals surface area (Å²) in [4.78, 5) is 16.4. The molecule has 33 heavy (non-hydrogen) atoms. The minimum Gasteiger partial charge on any atom is -0.479 e. The Hall–Kier alpha value is -3.74. The Morgan fingerprint density at radius 3 is 2.39 bits per heavy atom. The molecule has 13 heteroatoms. The van der Waals surface area contributed by atoms with Crippen LogP contribution in [-0.2, 0) is 6.42 Å². The van der Waals surface area contributed by atoms with Crippen LogP contribution in [0.2, 0.25) is 0 Å². The lowest BCUT2D eigenvalue weighted by atomic mass is 10.3. The molecule has 0 fully saturated rings. The molecule has 11 nitrogen and oxygen atoms in total. The average molecular weight is 473 g/mol. The number of aromatic nitrogens is 7. The fraction of sp³-hybridized carbons (Fsp3) is 0.300. The second-order valence-corrected chi connectivity index (χ2v) is 8.13. The number of aryl methyl sites for hydroxylation is 1. The van der Waals surface area contributed by atoms with E-state index >= 15 is 0 Å². The number of methoxy groups -OCH3 is 2. The summed E-state index contributed by atoms with van der Waals surface area (Å²) in [5, 5.41) is 8.62. The van der Waals surface area contributed by atoms with E-state index in [0.717, 1.165) is 18.2 Å². The molecule has 1 unspecified atom stereocenters. The Labute approximate surface area is 192 Å². The molecular weight excluding hydrogens is 451 g/mol. The van der Waals surface area contributed by atoms with E-state index in [-0.39, 0.29) is 17.0 Å². The molecule has 0 bridgehead atoms. The summed E-state index contributed by atoms with van der Waals surface area (Å²) in [6.45, 7) is 3.82. The summed E-state index contributed by atoms with van der Waals surface area (Å²) < 4.78 is 34.6. The van der Waals surface area contributed by atoms with Crippen molar-refractivity contribution in [3.8, 4) is 29.0 Å². The highest BCUT2D eigenvalue weighted by molar-refractivity contribution is 8.01. The second-order valence-electron chi connectivity index (χ2n) is 6.89. The van der Waals surface area contributed by atoms with Gasteiger partial charge in [-0.2, -0.15) is 9.97 Å². The van der Waals surface area contributed by atoms with Crippen LogP contribution >= 0.6 is 11.9 Å². The van der Waals surface area contributed by atoms with E-state index in [1.54, 1.807) is 10.6 Å². The van der Waals surface area contributed by atoms with Crippen LogP contribution in [0.25, 0.3) is 17.3 Å². The van der Waals surface area contributed by atoms with E-state index < -0.39 is 5.82 Å². The number of halogens is 1. The summed E-state index contributed by atoms with van der Waals surface area (Å²) in [6, 6.07) is 3.63. The van der Waals surface area contributed by atoms with Crippen molar-refractivity contribution >= 4 is 17.9 Å². The van der Waals surface area contributed by atoms with Crippen molar-refractivity contribution in [1.82, 2.24) is 34.7 Å². The number of ether oxygens (including phenoxy) is 2. The van der Waals surface area contributed by atoms with Gasteiger partial charge in [-0.05, 0) is 31.0 Å². The molecular formula is C20H21FN8O3S. The van der Waals surface area contributed by atoms with E-state index in [0.29, 0.717) is 35.5 Å². The molecule has 0 aliphatic rings. The number of hydrogen-bond acceptors (Lipinski definition) is 11. The highest BCUT2D eigenvalue weighted by Gasteiger charge is 2.26. The standard InChI is InChI=1S/C20H21FN8O3S/c1-11-5-6-14(32-11)17-26-27-20(28-33-12(2)7-15-22-8-13(21)9-23-15)29(17)16-18(30-3)24-10-25-19(16)31-4/h5-6,8-10,12H,7H2,1-4H3,(H,27,28). The van der Waals surface area contributed by atoms with Crippen LogP contribution in [0.5, 0.6) is 11.8 Å². The Morgan fingerprint density at radius 2 is 1.79 bits per heavy atom. The molecule has 0 aliphatic carbocycles. The van der Waals surface area contributed by atoms with Gasteiger partial charge in [0, 0.05) is 11.7 Å². The monoisotopic (exact) mass is 472 g/mol. The van der Waals surface area contributed by atoms with Gasteiger partial charge in [0.25, 0.3) is 0 Å². The number of anilines is 1. The van der Waals surface area contributed by atoms with Gasteiger partial charge < -0.3 is 13.9 Å². The Morgan fingerprint density at radius 1 is 1.09 bits per heavy atom. The van der Waals surface area contributed by atoms with Gasteiger partial charge in [-0.1, -0.05) is 6.92 Å². The summed E-state index contributed by atoms with van der Waals surface area (Å²) in [5.74, 6) is 2.61. The van der Waals surface area contributed by atoms with E-state index in [4.69, 9.17) is 13.9 Å². The molecule has 0 aromatic carbocycles. The first-order chi connectivity index (χ1) is 16.0. The van der Waals surface area contributed by atoms with Crippen LogP contribution in [0, 0.1) is 12.7 Å². The van der Waals surface area contributed by atoms with Crippen LogP contribution in [0.1, 0.15) is 18.5 Å². The zero-order chi connectivity index (χ0) is 23.4. The molecule has 1 atom stereocenters. The Bertz CT molecular complexity index is 1210. The first-order valence-corrected chi connectivity index (χ1v) is 10.7. The quantitative estimate of drug-likeness (QED) is 0.361. The first kappa shape index (κ1) is 22.5. The normalized spacial score (nSPS) is 11.9. The average Bonchev–Trinajstić information content (AvgIpc) is 3.44. The summed E-state index contributed by atoms with van der Waals surface area (Å²) >= 11 is 1.38. The van der Waals surface area contributed by atoms with Crippen LogP contribution in [0.3, 0.4) is 0 Å². The van der Waals surface area contributed by atoms with Gasteiger partial charge in [0.05, 0.1) is 26.6 Å². The molecule has 0 radical (unpaired) electrons. The van der Waals surface area contributed by atoms with Crippen LogP contribution in [0.4, 0.5) is 10.3 Å². The number of rotatable bonds is 9. The van der Waals surface area contributed by atoms with Gasteiger partial charge in [0.1, 0.15) is 17.9 Å². The molecule has 0 amide bonds. The maximum Gasteiger partial charge on any atom is 0.245 e. The molecule has 0 spiro atoms. The predicted molar refractivity (Wildman–Crippen MR) is 119 cm³/mol. The predicted octanol–water partition coefficient (Wildman–Crippen LogP) is 3.26. The molecule has 4 rings (SSSR count). The van der Waals surface area contributed by atoms with Crippen LogP contribution < -0.4 is 14.2 Å². The zero-order valence-electron chi connectivity index (χ0n) is 18.3. The summed E-state index contributed by atoms with van der Waals surface area (Å²) in [6.07, 6.45) is 4.15. The molecule has 4 aromatic heterocycles. The lowest BCUT2D eigenvalue weighted by Gasteiger charge is -2.16. The second kappa shape index (κ2) is 9.81. The van der Waals surface area contributed by atoms with Gasteiger partial charge in [0.2, 0.25) is 23.5 Å². The SMILES string of the molecule is COc1ncnc(OC)c1-n1c(NSC(C)Cc2ncc(F)cn2)nnc1-c1ccc(C)o1.